The first-order valence-electron chi connectivity index (χ1n) is 15.0. The molecule has 0 aromatic heterocycles. The third-order valence-corrected chi connectivity index (χ3v) is 10.6. The number of aryl methyl sites for hydroxylation is 4. The van der Waals surface area contributed by atoms with Crippen molar-refractivity contribution in [3.8, 4) is 23.0 Å². The van der Waals surface area contributed by atoms with Gasteiger partial charge in [-0.2, -0.15) is 0 Å². The van der Waals surface area contributed by atoms with Crippen molar-refractivity contribution in [2.45, 2.75) is 86.8 Å². The Morgan fingerprint density at radius 3 is 1.28 bits per heavy atom. The van der Waals surface area contributed by atoms with E-state index in [0.717, 1.165) is 53.0 Å². The van der Waals surface area contributed by atoms with Crippen molar-refractivity contribution >= 4 is 31.8 Å². The summed E-state index contributed by atoms with van der Waals surface area (Å²) in [6.07, 6.45) is 0. The number of rotatable bonds is 14. The Balaban J connectivity index is 1.25. The normalized spacial score (nSPS) is 11.3. The van der Waals surface area contributed by atoms with E-state index in [4.69, 9.17) is 18.5 Å². The smallest absolute Gasteiger partial charge is 0.508 e. The monoisotopic (exact) mass is 681 g/mol. The number of aromatic hydroxyl groups is 2. The van der Waals surface area contributed by atoms with Crippen molar-refractivity contribution in [2.75, 3.05) is 13.6 Å². The maximum atomic E-state index is 12.3. The van der Waals surface area contributed by atoms with Crippen LogP contribution in [0.4, 0.5) is 0 Å². The largest absolute Gasteiger partial charge is 0.704 e. The molecule has 0 saturated carbocycles. The predicted octanol–water partition coefficient (Wildman–Crippen LogP) is 10.9. The summed E-state index contributed by atoms with van der Waals surface area (Å²) in [5, 5.41) is 20.3. The Kier molecular flexibility index (Phi) is 12.5. The average molecular weight is 682 g/mol. The van der Waals surface area contributed by atoms with Crippen LogP contribution >= 0.6 is 31.8 Å². The summed E-state index contributed by atoms with van der Waals surface area (Å²) in [5.74, 6) is 2.27. The molecule has 0 atom stereocenters. The average Bonchev–Trinajstić information content (AvgIpc) is 2.98. The molecule has 244 valence electrons. The van der Waals surface area contributed by atoms with Gasteiger partial charge in [0.05, 0.1) is 0 Å². The molecule has 0 fully saturated rings. The number of benzene rings is 4. The van der Waals surface area contributed by atoms with Crippen molar-refractivity contribution in [1.29, 1.82) is 0 Å². The molecule has 4 rings (SSSR count). The minimum atomic E-state index is -2.45. The Morgan fingerprint density at radius 1 is 0.609 bits per heavy atom. The van der Waals surface area contributed by atoms with Gasteiger partial charge in [-0.15, -0.1) is 0 Å². The van der Waals surface area contributed by atoms with Crippen molar-refractivity contribution in [3.05, 3.63) is 94.0 Å². The summed E-state index contributed by atoms with van der Waals surface area (Å²) >= 11 is 3.28. The minimum absolute atomic E-state index is 0.224. The third kappa shape index (κ3) is 9.43. The second kappa shape index (κ2) is 16.1. The van der Waals surface area contributed by atoms with Gasteiger partial charge in [-0.3, -0.25) is 0 Å². The van der Waals surface area contributed by atoms with Gasteiger partial charge < -0.3 is 19.7 Å². The fraction of sp³-hybridized carbons (Fsp3) is 0.333. The summed E-state index contributed by atoms with van der Waals surface area (Å²) in [6.45, 7) is 15.8. The highest BCUT2D eigenvalue weighted by Gasteiger charge is 2.22. The van der Waals surface area contributed by atoms with Crippen LogP contribution in [0.5, 0.6) is 23.0 Å². The highest BCUT2D eigenvalue weighted by molar-refractivity contribution is 7.99. The Labute approximate surface area is 281 Å². The van der Waals surface area contributed by atoms with Crippen LogP contribution in [0.3, 0.4) is 0 Å². The van der Waals surface area contributed by atoms with Crippen molar-refractivity contribution < 1.29 is 33.3 Å². The van der Waals surface area contributed by atoms with E-state index in [0.29, 0.717) is 23.0 Å². The maximum absolute atomic E-state index is 12.3. The highest BCUT2D eigenvalue weighted by Crippen LogP contribution is 2.40. The molecular weight excluding hydrogens is 639 g/mol. The lowest BCUT2D eigenvalue weighted by molar-refractivity contribution is 0.0696. The Morgan fingerprint density at radius 2 is 0.957 bits per heavy atom. The summed E-state index contributed by atoms with van der Waals surface area (Å²) in [4.78, 5) is 4.32. The lowest BCUT2D eigenvalue weighted by atomic mass is 10.0. The van der Waals surface area contributed by atoms with Crippen LogP contribution in [0, 0.1) is 27.7 Å². The first kappa shape index (κ1) is 35.7. The standard InChI is InChI=1S/C36H41O7PS2/c1-21(2)31-17-29(9-11-33(31)37)45-35-23(5)13-27(14-24(35)6)40-19-42-44(39)43-20-41-28-15-25(7)36(26(8)16-28)46-30-10-12-34(38)32(18-30)22(3)4/h9-18,21-22H,19-20H2,1-8H3,(H-,37,38)/p+1. The van der Waals surface area contributed by atoms with E-state index in [1.807, 2.05) is 76.2 Å². The first-order valence-corrected chi connectivity index (χ1v) is 17.8. The second-order valence-corrected chi connectivity index (χ2v) is 14.9. The van der Waals surface area contributed by atoms with Crippen LogP contribution < -0.4 is 9.47 Å². The molecule has 4 aromatic carbocycles. The highest BCUT2D eigenvalue weighted by atomic mass is 32.2. The van der Waals surface area contributed by atoms with Gasteiger partial charge in [0.15, 0.2) is 0 Å². The van der Waals surface area contributed by atoms with Gasteiger partial charge in [-0.1, -0.05) is 60.3 Å². The summed E-state index contributed by atoms with van der Waals surface area (Å²) in [7, 11) is -2.45. The van der Waals surface area contributed by atoms with Crippen molar-refractivity contribution in [2.24, 2.45) is 0 Å². The molecule has 0 bridgehead atoms. The van der Waals surface area contributed by atoms with Crippen LogP contribution in [0.25, 0.3) is 0 Å². The van der Waals surface area contributed by atoms with E-state index in [2.05, 4.69) is 27.7 Å². The van der Waals surface area contributed by atoms with E-state index in [1.54, 1.807) is 35.7 Å². The zero-order valence-corrected chi connectivity index (χ0v) is 30.1. The minimum Gasteiger partial charge on any atom is -0.508 e. The fourth-order valence-electron chi connectivity index (χ4n) is 4.97. The molecule has 0 aliphatic rings. The number of hydrogen-bond donors (Lipinski definition) is 2. The molecule has 0 radical (unpaired) electrons. The molecule has 46 heavy (non-hydrogen) atoms. The van der Waals surface area contributed by atoms with E-state index in [1.165, 1.54) is 0 Å². The molecule has 0 saturated heterocycles. The van der Waals surface area contributed by atoms with Crippen LogP contribution in [0.1, 0.15) is 72.9 Å². The molecule has 0 spiro atoms. The molecule has 0 heterocycles. The summed E-state index contributed by atoms with van der Waals surface area (Å²) < 4.78 is 34.2. The quantitative estimate of drug-likeness (QED) is 0.0996. The summed E-state index contributed by atoms with van der Waals surface area (Å²) in [6, 6.07) is 19.0. The zero-order valence-electron chi connectivity index (χ0n) is 27.5. The Hall–Kier alpha value is -3.20. The molecule has 4 aromatic rings. The second-order valence-electron chi connectivity index (χ2n) is 11.7. The maximum Gasteiger partial charge on any atom is 0.704 e. The van der Waals surface area contributed by atoms with Gasteiger partial charge in [-0.25, -0.2) is 0 Å². The van der Waals surface area contributed by atoms with E-state index < -0.39 is 8.25 Å². The molecule has 0 unspecified atom stereocenters. The topological polar surface area (TPSA) is 94.5 Å². The first-order chi connectivity index (χ1) is 21.8. The van der Waals surface area contributed by atoms with Crippen LogP contribution in [0.15, 0.2) is 80.2 Å². The van der Waals surface area contributed by atoms with E-state index in [-0.39, 0.29) is 25.4 Å². The van der Waals surface area contributed by atoms with Gasteiger partial charge in [0.25, 0.3) is 0 Å². The predicted molar refractivity (Wildman–Crippen MR) is 185 cm³/mol. The van der Waals surface area contributed by atoms with Crippen LogP contribution in [-0.4, -0.2) is 23.8 Å². The van der Waals surface area contributed by atoms with Crippen LogP contribution in [-0.2, 0) is 13.6 Å². The van der Waals surface area contributed by atoms with E-state index in [9.17, 15) is 14.8 Å². The van der Waals surface area contributed by atoms with Crippen molar-refractivity contribution in [3.63, 3.8) is 0 Å². The number of phenolic OH excluding ortho intramolecular Hbond substituents is 2. The molecule has 2 N–H and O–H groups in total. The SMILES string of the molecule is Cc1cc(OCO[P+](=O)OCOc2cc(C)c(Sc3ccc(O)c(C(C)C)c3)c(C)c2)cc(C)c1Sc1ccc(O)c(C(C)C)c1. The molecule has 0 amide bonds. The number of phenols is 2. The fourth-order valence-corrected chi connectivity index (χ4v) is 7.32. The van der Waals surface area contributed by atoms with Gasteiger partial charge in [0.1, 0.15) is 23.0 Å². The molecule has 10 heteroatoms. The third-order valence-electron chi connectivity index (χ3n) is 7.32. The Bertz CT molecular complexity index is 1540. The number of ether oxygens (including phenoxy) is 2. The number of hydrogen-bond acceptors (Lipinski definition) is 9. The molecule has 7 nitrogen and oxygen atoms in total. The molecular formula is C36H42O7PS2+. The molecule has 0 aliphatic carbocycles. The lowest BCUT2D eigenvalue weighted by Crippen LogP contribution is -2.03. The van der Waals surface area contributed by atoms with Gasteiger partial charge in [0.2, 0.25) is 13.6 Å². The van der Waals surface area contributed by atoms with Gasteiger partial charge in [-0.05, 0) is 134 Å². The van der Waals surface area contributed by atoms with E-state index >= 15 is 0 Å². The molecule has 0 aliphatic heterocycles. The van der Waals surface area contributed by atoms with Crippen LogP contribution in [0.2, 0.25) is 0 Å². The summed E-state index contributed by atoms with van der Waals surface area (Å²) in [5.41, 5.74) is 5.98. The lowest BCUT2D eigenvalue weighted by Gasteiger charge is -2.14. The van der Waals surface area contributed by atoms with Gasteiger partial charge >= 0.3 is 8.25 Å². The zero-order chi connectivity index (χ0) is 33.5. The van der Waals surface area contributed by atoms with Crippen molar-refractivity contribution in [1.82, 2.24) is 0 Å². The van der Waals surface area contributed by atoms with Gasteiger partial charge in [0, 0.05) is 24.1 Å².